The zero-order chi connectivity index (χ0) is 17.1. The molecule has 3 N–H and O–H groups in total. The van der Waals surface area contributed by atoms with Crippen molar-refractivity contribution in [1.82, 2.24) is 0 Å². The number of carbonyl (C=O) groups is 2. The third-order valence-corrected chi connectivity index (χ3v) is 3.93. The molecule has 6 nitrogen and oxygen atoms in total. The molecule has 2 aromatic rings. The fourth-order valence-electron chi connectivity index (χ4n) is 2.74. The van der Waals surface area contributed by atoms with E-state index in [2.05, 4.69) is 0 Å². The minimum Gasteiger partial charge on any atom is -0.493 e. The van der Waals surface area contributed by atoms with Crippen molar-refractivity contribution in [2.45, 2.75) is 13.0 Å². The molecule has 0 spiro atoms. The van der Waals surface area contributed by atoms with Crippen LogP contribution in [0, 0.1) is 0 Å². The van der Waals surface area contributed by atoms with Gasteiger partial charge >= 0.3 is 5.97 Å². The highest BCUT2D eigenvalue weighted by atomic mass is 16.5. The van der Waals surface area contributed by atoms with Crippen LogP contribution in [-0.4, -0.2) is 30.1 Å². The second-order valence-corrected chi connectivity index (χ2v) is 5.58. The SMILES string of the molecule is NCc1cccc(C(=O)N(CC(=O)O)c2ccc3c(c2)CCO3)c1. The second-order valence-electron chi connectivity index (χ2n) is 5.58. The number of fused-ring (bicyclic) bond motifs is 1. The van der Waals surface area contributed by atoms with Crippen molar-refractivity contribution < 1.29 is 19.4 Å². The van der Waals surface area contributed by atoms with Crippen molar-refractivity contribution in [3.8, 4) is 5.75 Å². The topological polar surface area (TPSA) is 92.9 Å². The van der Waals surface area contributed by atoms with Crippen LogP contribution in [0.5, 0.6) is 5.75 Å². The van der Waals surface area contributed by atoms with E-state index >= 15 is 0 Å². The van der Waals surface area contributed by atoms with Crippen molar-refractivity contribution in [3.05, 3.63) is 59.2 Å². The number of nitrogens with zero attached hydrogens (tertiary/aromatic N) is 1. The molecule has 0 bridgehead atoms. The average Bonchev–Trinajstić information content (AvgIpc) is 3.06. The molecule has 3 rings (SSSR count). The van der Waals surface area contributed by atoms with E-state index in [-0.39, 0.29) is 5.91 Å². The Balaban J connectivity index is 1.96. The van der Waals surface area contributed by atoms with Crippen LogP contribution < -0.4 is 15.4 Å². The summed E-state index contributed by atoms with van der Waals surface area (Å²) in [6, 6.07) is 12.2. The number of hydrogen-bond donors (Lipinski definition) is 2. The van der Waals surface area contributed by atoms with Crippen molar-refractivity contribution in [2.24, 2.45) is 5.73 Å². The standard InChI is InChI=1S/C18H18N2O4/c19-10-12-2-1-3-14(8-12)18(23)20(11-17(21)22)15-4-5-16-13(9-15)6-7-24-16/h1-5,8-9H,6-7,10-11,19H2,(H,21,22). The predicted molar refractivity (Wildman–Crippen MR) is 89.3 cm³/mol. The molecule has 1 heterocycles. The Kier molecular flexibility index (Phi) is 4.48. The molecule has 0 saturated carbocycles. The molecular weight excluding hydrogens is 308 g/mol. The van der Waals surface area contributed by atoms with E-state index < -0.39 is 12.5 Å². The molecule has 0 radical (unpaired) electrons. The number of amides is 1. The molecule has 0 atom stereocenters. The summed E-state index contributed by atoms with van der Waals surface area (Å²) in [6.45, 7) is 0.506. The maximum absolute atomic E-state index is 12.8. The largest absolute Gasteiger partial charge is 0.493 e. The highest BCUT2D eigenvalue weighted by Crippen LogP contribution is 2.30. The lowest BCUT2D eigenvalue weighted by molar-refractivity contribution is -0.135. The van der Waals surface area contributed by atoms with Crippen molar-refractivity contribution in [2.75, 3.05) is 18.1 Å². The van der Waals surface area contributed by atoms with E-state index in [0.29, 0.717) is 24.4 Å². The van der Waals surface area contributed by atoms with Crippen LogP contribution in [0.15, 0.2) is 42.5 Å². The smallest absolute Gasteiger partial charge is 0.323 e. The van der Waals surface area contributed by atoms with Gasteiger partial charge in [0.2, 0.25) is 0 Å². The summed E-state index contributed by atoms with van der Waals surface area (Å²) in [5.74, 6) is -0.659. The lowest BCUT2D eigenvalue weighted by Gasteiger charge is -2.22. The number of benzene rings is 2. The number of rotatable bonds is 5. The number of carbonyl (C=O) groups excluding carboxylic acids is 1. The number of hydrogen-bond acceptors (Lipinski definition) is 4. The Bertz CT molecular complexity index is 788. The summed E-state index contributed by atoms with van der Waals surface area (Å²) >= 11 is 0. The van der Waals surface area contributed by atoms with Crippen molar-refractivity contribution >= 4 is 17.6 Å². The van der Waals surface area contributed by atoms with Crippen LogP contribution in [0.3, 0.4) is 0 Å². The number of carboxylic acids is 1. The van der Waals surface area contributed by atoms with E-state index in [1.54, 1.807) is 30.3 Å². The van der Waals surface area contributed by atoms with Gasteiger partial charge in [0.15, 0.2) is 0 Å². The van der Waals surface area contributed by atoms with Gasteiger partial charge in [-0.05, 0) is 41.5 Å². The molecule has 0 fully saturated rings. The van der Waals surface area contributed by atoms with Gasteiger partial charge in [-0.1, -0.05) is 12.1 Å². The first-order chi connectivity index (χ1) is 11.6. The summed E-state index contributed by atoms with van der Waals surface area (Å²) in [5, 5.41) is 9.20. The second kappa shape index (κ2) is 6.72. The summed E-state index contributed by atoms with van der Waals surface area (Å²) in [5.41, 5.74) is 8.37. The van der Waals surface area contributed by atoms with Crippen molar-refractivity contribution in [1.29, 1.82) is 0 Å². The summed E-state index contributed by atoms with van der Waals surface area (Å²) in [6.07, 6.45) is 0.751. The summed E-state index contributed by atoms with van der Waals surface area (Å²) < 4.78 is 5.46. The van der Waals surface area contributed by atoms with Crippen LogP contribution in [-0.2, 0) is 17.8 Å². The molecule has 1 amide bonds. The maximum Gasteiger partial charge on any atom is 0.323 e. The van der Waals surface area contributed by atoms with E-state index in [0.717, 1.165) is 23.3 Å². The van der Waals surface area contributed by atoms with Gasteiger partial charge in [-0.3, -0.25) is 14.5 Å². The third-order valence-electron chi connectivity index (χ3n) is 3.93. The van der Waals surface area contributed by atoms with Crippen LogP contribution in [0.4, 0.5) is 5.69 Å². The van der Waals surface area contributed by atoms with Gasteiger partial charge in [0.05, 0.1) is 6.61 Å². The fourth-order valence-corrected chi connectivity index (χ4v) is 2.74. The molecule has 1 aliphatic heterocycles. The maximum atomic E-state index is 12.8. The van der Waals surface area contributed by atoms with Crippen LogP contribution in [0.25, 0.3) is 0 Å². The summed E-state index contributed by atoms with van der Waals surface area (Å²) in [7, 11) is 0. The van der Waals surface area contributed by atoms with E-state index in [9.17, 15) is 14.7 Å². The first-order valence-electron chi connectivity index (χ1n) is 7.67. The predicted octanol–water partition coefficient (Wildman–Crippen LogP) is 1.81. The lowest BCUT2D eigenvalue weighted by atomic mass is 10.1. The molecule has 24 heavy (non-hydrogen) atoms. The van der Waals surface area contributed by atoms with Crippen LogP contribution >= 0.6 is 0 Å². The Morgan fingerprint density at radius 2 is 2.04 bits per heavy atom. The number of anilines is 1. The normalized spacial score (nSPS) is 12.4. The monoisotopic (exact) mass is 326 g/mol. The van der Waals surface area contributed by atoms with Crippen LogP contribution in [0.2, 0.25) is 0 Å². The van der Waals surface area contributed by atoms with Gasteiger partial charge < -0.3 is 15.6 Å². The lowest BCUT2D eigenvalue weighted by Crippen LogP contribution is -2.35. The first-order valence-corrected chi connectivity index (χ1v) is 7.67. The van der Waals surface area contributed by atoms with E-state index in [1.807, 2.05) is 12.1 Å². The van der Waals surface area contributed by atoms with E-state index in [4.69, 9.17) is 10.5 Å². The number of carboxylic acid groups (broad SMARTS) is 1. The molecule has 0 unspecified atom stereocenters. The van der Waals surface area contributed by atoms with E-state index in [1.165, 1.54) is 4.90 Å². The van der Waals surface area contributed by atoms with Gasteiger partial charge in [-0.15, -0.1) is 0 Å². The molecule has 0 saturated heterocycles. The highest BCUT2D eigenvalue weighted by molar-refractivity contribution is 6.08. The molecule has 0 aromatic heterocycles. The molecular formula is C18H18N2O4. The number of nitrogens with two attached hydrogens (primary N) is 1. The zero-order valence-electron chi connectivity index (χ0n) is 13.1. The zero-order valence-corrected chi connectivity index (χ0v) is 13.1. The van der Waals surface area contributed by atoms with Gasteiger partial charge in [-0.25, -0.2) is 0 Å². The average molecular weight is 326 g/mol. The Labute approximate surface area is 139 Å². The molecule has 0 aliphatic carbocycles. The number of aliphatic carboxylic acids is 1. The Morgan fingerprint density at radius 1 is 1.21 bits per heavy atom. The molecule has 6 heteroatoms. The minimum absolute atomic E-state index is 0.316. The molecule has 1 aliphatic rings. The molecule has 2 aromatic carbocycles. The highest BCUT2D eigenvalue weighted by Gasteiger charge is 2.23. The first kappa shape index (κ1) is 16.0. The quantitative estimate of drug-likeness (QED) is 0.874. The van der Waals surface area contributed by atoms with Crippen molar-refractivity contribution in [3.63, 3.8) is 0 Å². The number of ether oxygens (including phenoxy) is 1. The summed E-state index contributed by atoms with van der Waals surface area (Å²) in [4.78, 5) is 25.3. The minimum atomic E-state index is -1.07. The fraction of sp³-hybridized carbons (Fsp3) is 0.222. The third kappa shape index (κ3) is 3.23. The van der Waals surface area contributed by atoms with Crippen LogP contribution in [0.1, 0.15) is 21.5 Å². The Hall–Kier alpha value is -2.86. The van der Waals surface area contributed by atoms with Gasteiger partial charge in [0.1, 0.15) is 12.3 Å². The van der Waals surface area contributed by atoms with Gasteiger partial charge in [0, 0.05) is 24.2 Å². The van der Waals surface area contributed by atoms with Gasteiger partial charge in [0.25, 0.3) is 5.91 Å². The Morgan fingerprint density at radius 3 is 2.79 bits per heavy atom. The van der Waals surface area contributed by atoms with Gasteiger partial charge in [-0.2, -0.15) is 0 Å². The molecule has 124 valence electrons.